The van der Waals surface area contributed by atoms with E-state index >= 15 is 0 Å². The standard InChI is InChI=1S/C34H32F3N5O2/c1-40-32-25(11-22(14-29(32)44-2)34(43)42-16-20-7-8-26(42)31(20)38)39-33(40)28-13-19-6-5-18(12-27(19)41(28)15-17-3-4-17)21-9-23(35)30(37)24(36)10-21/h5-6,9-14,17,20,26,31H,3-4,7-8,15-16,38H2,1-2H3. The molecule has 3 unspecified atom stereocenters. The van der Waals surface area contributed by atoms with Crippen LogP contribution in [0.15, 0.2) is 48.5 Å². The third-order valence-electron chi connectivity index (χ3n) is 9.90. The van der Waals surface area contributed by atoms with Crippen LogP contribution in [0.2, 0.25) is 0 Å². The molecule has 5 aromatic rings. The smallest absolute Gasteiger partial charge is 0.254 e. The van der Waals surface area contributed by atoms with Crippen molar-refractivity contribution in [1.82, 2.24) is 19.0 Å². The molecule has 3 aliphatic rings. The van der Waals surface area contributed by atoms with Gasteiger partial charge in [-0.2, -0.15) is 0 Å². The Balaban J connectivity index is 1.24. The van der Waals surface area contributed by atoms with Gasteiger partial charge in [-0.3, -0.25) is 4.79 Å². The minimum atomic E-state index is -1.48. The van der Waals surface area contributed by atoms with Crippen LogP contribution in [0.3, 0.4) is 0 Å². The van der Waals surface area contributed by atoms with Crippen molar-refractivity contribution < 1.29 is 22.7 Å². The van der Waals surface area contributed by atoms with Crippen LogP contribution in [0.25, 0.3) is 44.6 Å². The lowest BCUT2D eigenvalue weighted by Crippen LogP contribution is -2.41. The highest BCUT2D eigenvalue weighted by Gasteiger charge is 2.47. The van der Waals surface area contributed by atoms with Crippen LogP contribution >= 0.6 is 0 Å². The summed E-state index contributed by atoms with van der Waals surface area (Å²) >= 11 is 0. The van der Waals surface area contributed by atoms with Crippen molar-refractivity contribution in [1.29, 1.82) is 0 Å². The highest BCUT2D eigenvalue weighted by molar-refractivity contribution is 6.00. The van der Waals surface area contributed by atoms with Gasteiger partial charge in [-0.05, 0) is 85.0 Å². The number of carbonyl (C=O) groups excluding carboxylic acids is 1. The average molecular weight is 600 g/mol. The Morgan fingerprint density at radius 1 is 1.00 bits per heavy atom. The van der Waals surface area contributed by atoms with Gasteiger partial charge in [-0.25, -0.2) is 18.2 Å². The number of likely N-dealkylation sites (tertiary alicyclic amines) is 1. The van der Waals surface area contributed by atoms with E-state index in [1.807, 2.05) is 34.7 Å². The summed E-state index contributed by atoms with van der Waals surface area (Å²) in [7, 11) is 3.53. The zero-order valence-corrected chi connectivity index (χ0v) is 24.5. The lowest BCUT2D eigenvalue weighted by Gasteiger charge is -2.27. The maximum absolute atomic E-state index is 14.1. The number of piperidine rings is 1. The summed E-state index contributed by atoms with van der Waals surface area (Å²) in [5.41, 5.74) is 11.0. The number of benzene rings is 3. The van der Waals surface area contributed by atoms with E-state index in [1.54, 1.807) is 19.2 Å². The van der Waals surface area contributed by atoms with Crippen LogP contribution in [0.5, 0.6) is 5.75 Å². The zero-order chi connectivity index (χ0) is 30.4. The van der Waals surface area contributed by atoms with Crippen LogP contribution < -0.4 is 10.5 Å². The molecule has 1 saturated heterocycles. The minimum Gasteiger partial charge on any atom is -0.494 e. The monoisotopic (exact) mass is 599 g/mol. The number of methoxy groups -OCH3 is 1. The van der Waals surface area contributed by atoms with Gasteiger partial charge in [0.15, 0.2) is 23.3 Å². The lowest BCUT2D eigenvalue weighted by molar-refractivity contribution is 0.0700. The first-order valence-corrected chi connectivity index (χ1v) is 15.1. The van der Waals surface area contributed by atoms with Gasteiger partial charge >= 0.3 is 0 Å². The fraction of sp³-hybridized carbons (Fsp3) is 0.353. The maximum Gasteiger partial charge on any atom is 0.254 e. The van der Waals surface area contributed by atoms with E-state index in [2.05, 4.69) is 10.6 Å². The van der Waals surface area contributed by atoms with E-state index in [0.29, 0.717) is 46.6 Å². The Morgan fingerprint density at radius 3 is 2.43 bits per heavy atom. The van der Waals surface area contributed by atoms with Crippen molar-refractivity contribution in [3.63, 3.8) is 0 Å². The molecule has 0 spiro atoms. The SMILES string of the molecule is COc1cc(C(=O)N2CC3CCC2C3N)cc2nc(-c3cc4ccc(-c5cc(F)c(F)c(F)c5)cc4n3CC3CC3)n(C)c12. The maximum atomic E-state index is 14.1. The molecule has 226 valence electrons. The molecular weight excluding hydrogens is 567 g/mol. The van der Waals surface area contributed by atoms with E-state index in [0.717, 1.165) is 66.5 Å². The Kier molecular flexibility index (Phi) is 6.10. The predicted octanol–water partition coefficient (Wildman–Crippen LogP) is 6.26. The number of halogens is 3. The van der Waals surface area contributed by atoms with Crippen LogP contribution in [-0.4, -0.2) is 50.7 Å². The quantitative estimate of drug-likeness (QED) is 0.234. The highest BCUT2D eigenvalue weighted by atomic mass is 19.2. The fourth-order valence-corrected chi connectivity index (χ4v) is 7.36. The number of fused-ring (bicyclic) bond motifs is 4. The number of hydrogen-bond acceptors (Lipinski definition) is 4. The number of aryl methyl sites for hydroxylation is 1. The molecule has 7 nitrogen and oxygen atoms in total. The summed E-state index contributed by atoms with van der Waals surface area (Å²) < 4.78 is 51.8. The number of nitrogens with zero attached hydrogens (tertiary/aromatic N) is 4. The first kappa shape index (κ1) is 27.3. The van der Waals surface area contributed by atoms with E-state index in [1.165, 1.54) is 0 Å². The number of ether oxygens (including phenoxy) is 1. The van der Waals surface area contributed by atoms with Gasteiger partial charge in [0.2, 0.25) is 0 Å². The number of carbonyl (C=O) groups is 1. The Bertz CT molecular complexity index is 1970. The van der Waals surface area contributed by atoms with Gasteiger partial charge in [0.1, 0.15) is 11.3 Å². The van der Waals surface area contributed by atoms with Crippen LogP contribution in [0, 0.1) is 29.3 Å². The van der Waals surface area contributed by atoms with E-state index in [4.69, 9.17) is 15.5 Å². The summed E-state index contributed by atoms with van der Waals surface area (Å²) in [6.45, 7) is 1.44. The Morgan fingerprint density at radius 2 is 1.77 bits per heavy atom. The molecule has 44 heavy (non-hydrogen) atoms. The predicted molar refractivity (Wildman–Crippen MR) is 162 cm³/mol. The summed E-state index contributed by atoms with van der Waals surface area (Å²) in [5.74, 6) is -1.83. The number of rotatable bonds is 6. The summed E-state index contributed by atoms with van der Waals surface area (Å²) in [6, 6.07) is 13.4. The Hall–Kier alpha value is -4.31. The molecule has 1 aliphatic heterocycles. The average Bonchev–Trinajstić information content (AvgIpc) is 3.42. The van der Waals surface area contributed by atoms with Crippen molar-refractivity contribution in [2.45, 2.75) is 44.3 Å². The molecule has 8 rings (SSSR count). The molecule has 2 N–H and O–H groups in total. The second-order valence-corrected chi connectivity index (χ2v) is 12.6. The third-order valence-corrected chi connectivity index (χ3v) is 9.90. The largest absolute Gasteiger partial charge is 0.494 e. The van der Waals surface area contributed by atoms with Gasteiger partial charge in [0, 0.05) is 48.7 Å². The molecule has 1 amide bonds. The molecule has 3 atom stereocenters. The van der Waals surface area contributed by atoms with E-state index < -0.39 is 17.5 Å². The summed E-state index contributed by atoms with van der Waals surface area (Å²) in [5, 5.41) is 0.947. The van der Waals surface area contributed by atoms with Crippen molar-refractivity contribution in [2.24, 2.45) is 24.6 Å². The van der Waals surface area contributed by atoms with Crippen molar-refractivity contribution in [2.75, 3.05) is 13.7 Å². The van der Waals surface area contributed by atoms with Crippen molar-refractivity contribution >= 4 is 27.8 Å². The van der Waals surface area contributed by atoms with E-state index in [9.17, 15) is 18.0 Å². The minimum absolute atomic E-state index is 0.0287. The molecule has 3 heterocycles. The van der Waals surface area contributed by atoms with E-state index in [-0.39, 0.29) is 23.6 Å². The third kappa shape index (κ3) is 4.14. The zero-order valence-electron chi connectivity index (χ0n) is 24.5. The second kappa shape index (κ2) is 9.85. The number of amides is 1. The molecule has 10 heteroatoms. The number of hydrogen-bond donors (Lipinski definition) is 1. The molecule has 0 radical (unpaired) electrons. The molecule has 2 saturated carbocycles. The first-order valence-electron chi connectivity index (χ1n) is 15.1. The van der Waals surface area contributed by atoms with Gasteiger partial charge in [-0.1, -0.05) is 12.1 Å². The van der Waals surface area contributed by atoms with Gasteiger partial charge in [0.25, 0.3) is 5.91 Å². The van der Waals surface area contributed by atoms with Gasteiger partial charge in [0.05, 0.1) is 18.3 Å². The van der Waals surface area contributed by atoms with Gasteiger partial charge in [-0.15, -0.1) is 0 Å². The number of aromatic nitrogens is 3. The topological polar surface area (TPSA) is 78.3 Å². The lowest BCUT2D eigenvalue weighted by atomic mass is 10.0. The summed E-state index contributed by atoms with van der Waals surface area (Å²) in [6.07, 6.45) is 4.24. The van der Waals surface area contributed by atoms with Gasteiger partial charge < -0.3 is 24.5 Å². The summed E-state index contributed by atoms with van der Waals surface area (Å²) in [4.78, 5) is 20.6. The van der Waals surface area contributed by atoms with Crippen molar-refractivity contribution in [3.8, 4) is 28.4 Å². The highest BCUT2D eigenvalue weighted by Crippen LogP contribution is 2.41. The number of imidazole rings is 1. The molecule has 3 fully saturated rings. The molecule has 2 aliphatic carbocycles. The fourth-order valence-electron chi connectivity index (χ4n) is 7.36. The van der Waals surface area contributed by atoms with Crippen molar-refractivity contribution in [3.05, 3.63) is 71.5 Å². The van der Waals surface area contributed by atoms with Crippen LogP contribution in [0.1, 0.15) is 36.0 Å². The Labute approximate surface area is 252 Å². The normalized spacial score (nSPS) is 21.2. The van der Waals surface area contributed by atoms with Crippen LogP contribution in [-0.2, 0) is 13.6 Å². The molecule has 2 aromatic heterocycles. The molecule has 2 bridgehead atoms. The molecule has 3 aromatic carbocycles. The number of nitrogens with two attached hydrogens (primary N) is 1. The van der Waals surface area contributed by atoms with Crippen LogP contribution in [0.4, 0.5) is 13.2 Å². The molecular formula is C34H32F3N5O2. The first-order chi connectivity index (χ1) is 21.2. The second-order valence-electron chi connectivity index (χ2n) is 12.6.